The number of carbonyl (C=O) groups excluding carboxylic acids is 1. The molecule has 0 aromatic heterocycles. The molecule has 0 radical (unpaired) electrons. The maximum atomic E-state index is 12.5. The summed E-state index contributed by atoms with van der Waals surface area (Å²) >= 11 is 0. The monoisotopic (exact) mass is 286 g/mol. The molecule has 2 N–H and O–H groups in total. The van der Waals surface area contributed by atoms with E-state index >= 15 is 0 Å². The summed E-state index contributed by atoms with van der Waals surface area (Å²) in [5.41, 5.74) is 10.1. The van der Waals surface area contributed by atoms with Gasteiger partial charge in [-0.1, -0.05) is 18.2 Å². The molecule has 0 spiro atoms. The number of rotatable bonds is 2. The average Bonchev–Trinajstić information content (AvgIpc) is 2.47. The van der Waals surface area contributed by atoms with E-state index in [0.717, 1.165) is 19.4 Å². The SMILES string of the molecule is C[C@H]1C[C@H](N)CCN1C(=O)Cc1ccc2c(c1)CCCC2. The fourth-order valence-corrected chi connectivity index (χ4v) is 3.75. The van der Waals surface area contributed by atoms with Gasteiger partial charge in [0.25, 0.3) is 0 Å². The summed E-state index contributed by atoms with van der Waals surface area (Å²) in [6.45, 7) is 2.93. The molecular weight excluding hydrogens is 260 g/mol. The minimum absolute atomic E-state index is 0.255. The first-order valence-electron chi connectivity index (χ1n) is 8.29. The predicted octanol–water partition coefficient (Wildman–Crippen LogP) is 2.45. The lowest BCUT2D eigenvalue weighted by molar-refractivity contribution is -0.133. The van der Waals surface area contributed by atoms with Crippen LogP contribution in [-0.2, 0) is 24.1 Å². The third-order valence-electron chi connectivity index (χ3n) is 5.01. The summed E-state index contributed by atoms with van der Waals surface area (Å²) in [4.78, 5) is 14.6. The molecule has 3 heteroatoms. The molecule has 2 atom stereocenters. The lowest BCUT2D eigenvalue weighted by Crippen LogP contribution is -2.48. The Bertz CT molecular complexity index is 526. The number of amides is 1. The molecule has 114 valence electrons. The van der Waals surface area contributed by atoms with Crippen LogP contribution in [0.3, 0.4) is 0 Å². The van der Waals surface area contributed by atoms with Crippen molar-refractivity contribution in [2.24, 2.45) is 5.73 Å². The third-order valence-corrected chi connectivity index (χ3v) is 5.01. The highest BCUT2D eigenvalue weighted by Crippen LogP contribution is 2.23. The van der Waals surface area contributed by atoms with Crippen molar-refractivity contribution in [2.75, 3.05) is 6.54 Å². The largest absolute Gasteiger partial charge is 0.340 e. The van der Waals surface area contributed by atoms with E-state index in [0.29, 0.717) is 6.42 Å². The molecule has 1 saturated heterocycles. The van der Waals surface area contributed by atoms with Crippen LogP contribution < -0.4 is 5.73 Å². The number of hydrogen-bond donors (Lipinski definition) is 1. The summed E-state index contributed by atoms with van der Waals surface area (Å²) in [6, 6.07) is 7.16. The van der Waals surface area contributed by atoms with Gasteiger partial charge in [0.05, 0.1) is 6.42 Å². The first-order chi connectivity index (χ1) is 10.1. The van der Waals surface area contributed by atoms with Gasteiger partial charge in [-0.3, -0.25) is 4.79 Å². The number of aryl methyl sites for hydroxylation is 2. The molecule has 0 unspecified atom stereocenters. The molecule has 1 amide bonds. The standard InChI is InChI=1S/C18H26N2O/c1-13-10-17(19)8-9-20(13)18(21)12-14-6-7-15-4-2-3-5-16(15)11-14/h6-7,11,13,17H,2-5,8-10,12,19H2,1H3/t13-,17+/m0/s1. The van der Waals surface area contributed by atoms with Gasteiger partial charge in [0.1, 0.15) is 0 Å². The van der Waals surface area contributed by atoms with Crippen LogP contribution in [0.5, 0.6) is 0 Å². The van der Waals surface area contributed by atoms with Crippen molar-refractivity contribution in [1.82, 2.24) is 4.90 Å². The highest BCUT2D eigenvalue weighted by atomic mass is 16.2. The van der Waals surface area contributed by atoms with Gasteiger partial charge in [-0.2, -0.15) is 0 Å². The van der Waals surface area contributed by atoms with Gasteiger partial charge in [0.15, 0.2) is 0 Å². The van der Waals surface area contributed by atoms with Gasteiger partial charge in [-0.15, -0.1) is 0 Å². The summed E-state index contributed by atoms with van der Waals surface area (Å²) in [7, 11) is 0. The summed E-state index contributed by atoms with van der Waals surface area (Å²) in [6.07, 6.45) is 7.35. The second-order valence-electron chi connectivity index (χ2n) is 6.71. The Balaban J connectivity index is 1.67. The highest BCUT2D eigenvalue weighted by molar-refractivity contribution is 5.79. The number of benzene rings is 1. The van der Waals surface area contributed by atoms with E-state index in [2.05, 4.69) is 25.1 Å². The number of fused-ring (bicyclic) bond motifs is 1. The van der Waals surface area contributed by atoms with Gasteiger partial charge in [-0.25, -0.2) is 0 Å². The lowest BCUT2D eigenvalue weighted by Gasteiger charge is -2.36. The fraction of sp³-hybridized carbons (Fsp3) is 0.611. The van der Waals surface area contributed by atoms with Crippen LogP contribution in [0.2, 0.25) is 0 Å². The van der Waals surface area contributed by atoms with E-state index in [1.54, 1.807) is 0 Å². The molecule has 2 aliphatic rings. The topological polar surface area (TPSA) is 46.3 Å². The van der Waals surface area contributed by atoms with Crippen molar-refractivity contribution in [2.45, 2.75) is 64.0 Å². The summed E-state index contributed by atoms with van der Waals surface area (Å²) in [5.74, 6) is 0.255. The van der Waals surface area contributed by atoms with Crippen LogP contribution in [0.1, 0.15) is 49.3 Å². The second-order valence-corrected chi connectivity index (χ2v) is 6.71. The molecule has 0 saturated carbocycles. The van der Waals surface area contributed by atoms with E-state index in [1.807, 2.05) is 4.90 Å². The molecule has 3 nitrogen and oxygen atoms in total. The molecule has 1 fully saturated rings. The molecule has 1 aliphatic heterocycles. The predicted molar refractivity (Wildman–Crippen MR) is 85.2 cm³/mol. The molecular formula is C18H26N2O. The molecule has 21 heavy (non-hydrogen) atoms. The van der Waals surface area contributed by atoms with Crippen molar-refractivity contribution in [3.8, 4) is 0 Å². The Morgan fingerprint density at radius 2 is 2.05 bits per heavy atom. The molecule has 1 aliphatic carbocycles. The average molecular weight is 286 g/mol. The van der Waals surface area contributed by atoms with Crippen molar-refractivity contribution in [1.29, 1.82) is 0 Å². The van der Waals surface area contributed by atoms with Gasteiger partial charge < -0.3 is 10.6 Å². The quantitative estimate of drug-likeness (QED) is 0.907. The molecule has 1 heterocycles. The van der Waals surface area contributed by atoms with E-state index in [4.69, 9.17) is 5.73 Å². The van der Waals surface area contributed by atoms with Gasteiger partial charge in [0.2, 0.25) is 5.91 Å². The first-order valence-corrected chi connectivity index (χ1v) is 8.29. The minimum atomic E-state index is 0.255. The van der Waals surface area contributed by atoms with Crippen molar-refractivity contribution >= 4 is 5.91 Å². The number of piperidine rings is 1. The van der Waals surface area contributed by atoms with Crippen LogP contribution in [0, 0.1) is 0 Å². The smallest absolute Gasteiger partial charge is 0.227 e. The summed E-state index contributed by atoms with van der Waals surface area (Å²) < 4.78 is 0. The Kier molecular flexibility index (Phi) is 4.29. The molecule has 3 rings (SSSR count). The van der Waals surface area contributed by atoms with E-state index in [9.17, 15) is 4.79 Å². The van der Waals surface area contributed by atoms with Crippen LogP contribution in [0.25, 0.3) is 0 Å². The highest BCUT2D eigenvalue weighted by Gasteiger charge is 2.26. The second kappa shape index (κ2) is 6.18. The number of hydrogen-bond acceptors (Lipinski definition) is 2. The number of likely N-dealkylation sites (tertiary alicyclic amines) is 1. The Morgan fingerprint density at radius 3 is 2.81 bits per heavy atom. The number of nitrogens with zero attached hydrogens (tertiary/aromatic N) is 1. The van der Waals surface area contributed by atoms with E-state index in [-0.39, 0.29) is 18.0 Å². The number of carbonyl (C=O) groups is 1. The summed E-state index contributed by atoms with van der Waals surface area (Å²) in [5, 5.41) is 0. The van der Waals surface area contributed by atoms with Crippen molar-refractivity contribution < 1.29 is 4.79 Å². The van der Waals surface area contributed by atoms with Crippen LogP contribution in [0.15, 0.2) is 18.2 Å². The maximum absolute atomic E-state index is 12.5. The molecule has 1 aromatic carbocycles. The Labute approximate surface area is 127 Å². The zero-order valence-electron chi connectivity index (χ0n) is 13.0. The van der Waals surface area contributed by atoms with Crippen molar-refractivity contribution in [3.63, 3.8) is 0 Å². The van der Waals surface area contributed by atoms with Gasteiger partial charge >= 0.3 is 0 Å². The number of nitrogens with two attached hydrogens (primary N) is 1. The van der Waals surface area contributed by atoms with E-state index in [1.165, 1.54) is 42.4 Å². The van der Waals surface area contributed by atoms with Crippen LogP contribution >= 0.6 is 0 Å². The maximum Gasteiger partial charge on any atom is 0.227 e. The van der Waals surface area contributed by atoms with E-state index < -0.39 is 0 Å². The first kappa shape index (κ1) is 14.6. The molecule has 1 aromatic rings. The van der Waals surface area contributed by atoms with Crippen molar-refractivity contribution in [3.05, 3.63) is 34.9 Å². The molecule has 0 bridgehead atoms. The van der Waals surface area contributed by atoms with Crippen LogP contribution in [0.4, 0.5) is 0 Å². The fourth-order valence-electron chi connectivity index (χ4n) is 3.75. The Hall–Kier alpha value is -1.35. The van der Waals surface area contributed by atoms with Gasteiger partial charge in [-0.05, 0) is 62.1 Å². The Morgan fingerprint density at radius 1 is 1.29 bits per heavy atom. The zero-order valence-corrected chi connectivity index (χ0v) is 13.0. The van der Waals surface area contributed by atoms with Crippen LogP contribution in [-0.4, -0.2) is 29.4 Å². The van der Waals surface area contributed by atoms with Gasteiger partial charge in [0, 0.05) is 18.6 Å². The normalized spacial score (nSPS) is 25.5. The third kappa shape index (κ3) is 3.29. The zero-order chi connectivity index (χ0) is 14.8. The minimum Gasteiger partial charge on any atom is -0.340 e. The lowest BCUT2D eigenvalue weighted by atomic mass is 9.89.